The molecule has 0 saturated carbocycles. The van der Waals surface area contributed by atoms with Crippen LogP contribution in [0.15, 0.2) is 79.1 Å². The van der Waals surface area contributed by atoms with Crippen molar-refractivity contribution in [1.82, 2.24) is 10.3 Å². The monoisotopic (exact) mass is 552 g/mol. The first kappa shape index (κ1) is 28.1. The van der Waals surface area contributed by atoms with Gasteiger partial charge in [0.05, 0.1) is 33.6 Å². The van der Waals surface area contributed by atoms with Crippen molar-refractivity contribution in [2.45, 2.75) is 32.6 Å². The predicted octanol–water partition coefficient (Wildman–Crippen LogP) is 6.47. The van der Waals surface area contributed by atoms with Crippen molar-refractivity contribution < 1.29 is 23.7 Å². The van der Waals surface area contributed by atoms with E-state index in [2.05, 4.69) is 53.6 Å². The molecule has 0 fully saturated rings. The Morgan fingerprint density at radius 3 is 2.29 bits per heavy atom. The number of rotatable bonds is 11. The summed E-state index contributed by atoms with van der Waals surface area (Å²) in [7, 11) is 4.96. The molecule has 1 atom stereocenters. The Kier molecular flexibility index (Phi) is 9.06. The van der Waals surface area contributed by atoms with Crippen LogP contribution in [0.3, 0.4) is 0 Å². The first-order chi connectivity index (χ1) is 20.1. The molecule has 2 heterocycles. The summed E-state index contributed by atoms with van der Waals surface area (Å²) in [5, 5.41) is 3.63. The number of nitrogens with zero attached hydrogens (tertiary/aromatic N) is 1. The zero-order valence-electron chi connectivity index (χ0n) is 24.0. The maximum absolute atomic E-state index is 6.16. The molecule has 0 bridgehead atoms. The lowest BCUT2D eigenvalue weighted by atomic mass is 9.92. The topological polar surface area (TPSA) is 71.1 Å². The van der Waals surface area contributed by atoms with Gasteiger partial charge in [0, 0.05) is 18.3 Å². The summed E-state index contributed by atoms with van der Waals surface area (Å²) in [5.74, 6) is 3.53. The van der Waals surface area contributed by atoms with Crippen molar-refractivity contribution in [3.05, 3.63) is 113 Å². The van der Waals surface area contributed by atoms with Gasteiger partial charge >= 0.3 is 0 Å². The lowest BCUT2D eigenvalue weighted by molar-refractivity contribution is 0.283. The molecule has 3 aromatic carbocycles. The minimum absolute atomic E-state index is 0.0320. The van der Waals surface area contributed by atoms with Crippen LogP contribution in [-0.4, -0.2) is 32.9 Å². The van der Waals surface area contributed by atoms with E-state index < -0.39 is 0 Å². The molecule has 1 aliphatic rings. The molecule has 7 heteroatoms. The number of aromatic nitrogens is 1. The average Bonchev–Trinajstić information content (AvgIpc) is 3.02. The van der Waals surface area contributed by atoms with Crippen molar-refractivity contribution >= 4 is 6.08 Å². The molecule has 4 aromatic rings. The third-order valence-electron chi connectivity index (χ3n) is 7.18. The Bertz CT molecular complexity index is 1500. The molecule has 0 spiro atoms. The molecule has 212 valence electrons. The highest BCUT2D eigenvalue weighted by molar-refractivity contribution is 5.61. The second kappa shape index (κ2) is 13.2. The predicted molar refractivity (Wildman–Crippen MR) is 160 cm³/mol. The number of methoxy groups -OCH3 is 3. The van der Waals surface area contributed by atoms with Gasteiger partial charge in [-0.1, -0.05) is 42.5 Å². The van der Waals surface area contributed by atoms with Crippen LogP contribution in [0.2, 0.25) is 0 Å². The maximum Gasteiger partial charge on any atom is 0.162 e. The van der Waals surface area contributed by atoms with E-state index in [-0.39, 0.29) is 6.04 Å². The smallest absolute Gasteiger partial charge is 0.162 e. The van der Waals surface area contributed by atoms with E-state index in [4.69, 9.17) is 23.7 Å². The third kappa shape index (κ3) is 6.81. The molecule has 1 aromatic heterocycles. The van der Waals surface area contributed by atoms with Crippen LogP contribution in [0.4, 0.5) is 0 Å². The first-order valence-corrected chi connectivity index (χ1v) is 13.7. The number of benzene rings is 3. The molecule has 41 heavy (non-hydrogen) atoms. The van der Waals surface area contributed by atoms with Gasteiger partial charge in [-0.25, -0.2) is 0 Å². The second-order valence-electron chi connectivity index (χ2n) is 9.90. The number of pyridine rings is 1. The molecule has 0 saturated heterocycles. The summed E-state index contributed by atoms with van der Waals surface area (Å²) in [4.78, 5) is 4.21. The molecule has 0 aliphatic carbocycles. The fourth-order valence-corrected chi connectivity index (χ4v) is 4.92. The lowest BCUT2D eigenvalue weighted by Gasteiger charge is -2.26. The zero-order valence-corrected chi connectivity index (χ0v) is 24.0. The standard InChI is InChI=1S/C34H36N2O5/c1-23-14-31(38-3)33(41-22-25-15-28(37-2)20-35-19-25)16-26(23)10-11-30-29-18-32(39-4)34(17-27(29)12-13-36-30)40-21-24-8-6-5-7-9-24/h5-11,14-20,30,36H,12-13,21-22H2,1-4H3/b11-10+. The van der Waals surface area contributed by atoms with E-state index in [9.17, 15) is 0 Å². The third-order valence-corrected chi connectivity index (χ3v) is 7.18. The van der Waals surface area contributed by atoms with E-state index >= 15 is 0 Å². The van der Waals surface area contributed by atoms with Crippen molar-refractivity contribution in [3.8, 4) is 28.7 Å². The van der Waals surface area contributed by atoms with E-state index in [1.54, 1.807) is 33.7 Å². The highest BCUT2D eigenvalue weighted by atomic mass is 16.5. The van der Waals surface area contributed by atoms with Crippen molar-refractivity contribution in [2.75, 3.05) is 27.9 Å². The lowest BCUT2D eigenvalue weighted by Crippen LogP contribution is -2.28. The van der Waals surface area contributed by atoms with Gasteiger partial charge in [-0.2, -0.15) is 0 Å². The second-order valence-corrected chi connectivity index (χ2v) is 9.90. The minimum Gasteiger partial charge on any atom is -0.495 e. The van der Waals surface area contributed by atoms with Crippen molar-refractivity contribution in [3.63, 3.8) is 0 Å². The number of hydrogen-bond donors (Lipinski definition) is 1. The van der Waals surface area contributed by atoms with Gasteiger partial charge in [0.2, 0.25) is 0 Å². The molecular weight excluding hydrogens is 516 g/mol. The van der Waals surface area contributed by atoms with Crippen LogP contribution < -0.4 is 29.0 Å². The SMILES string of the molecule is COc1cncc(COc2cc(/C=C/C3NCCc4cc(OCc5ccccc5)c(OC)cc43)c(C)cc2OC)c1. The van der Waals surface area contributed by atoms with Gasteiger partial charge in [-0.3, -0.25) is 4.98 Å². The minimum atomic E-state index is 0.0320. The average molecular weight is 553 g/mol. The summed E-state index contributed by atoms with van der Waals surface area (Å²) in [6.45, 7) is 3.78. The highest BCUT2D eigenvalue weighted by Gasteiger charge is 2.21. The Morgan fingerprint density at radius 1 is 0.805 bits per heavy atom. The Labute approximate surface area is 241 Å². The summed E-state index contributed by atoms with van der Waals surface area (Å²) >= 11 is 0. The van der Waals surface area contributed by atoms with Crippen LogP contribution in [-0.2, 0) is 19.6 Å². The van der Waals surface area contributed by atoms with Gasteiger partial charge in [-0.15, -0.1) is 0 Å². The van der Waals surface area contributed by atoms with Gasteiger partial charge < -0.3 is 29.0 Å². The van der Waals surface area contributed by atoms with Crippen LogP contribution in [0, 0.1) is 6.92 Å². The van der Waals surface area contributed by atoms with Gasteiger partial charge in [0.25, 0.3) is 0 Å². The molecule has 0 radical (unpaired) electrons. The number of aryl methyl sites for hydroxylation is 1. The number of nitrogens with one attached hydrogen (secondary N) is 1. The van der Waals surface area contributed by atoms with E-state index in [0.29, 0.717) is 30.5 Å². The van der Waals surface area contributed by atoms with Gasteiger partial charge in [0.1, 0.15) is 19.0 Å². The van der Waals surface area contributed by atoms with E-state index in [0.717, 1.165) is 46.7 Å². The Morgan fingerprint density at radius 2 is 1.54 bits per heavy atom. The van der Waals surface area contributed by atoms with Crippen LogP contribution in [0.5, 0.6) is 28.7 Å². The number of hydrogen-bond acceptors (Lipinski definition) is 7. The van der Waals surface area contributed by atoms with Crippen molar-refractivity contribution in [1.29, 1.82) is 0 Å². The summed E-state index contributed by atoms with van der Waals surface area (Å²) in [6, 6.07) is 20.3. The quantitative estimate of drug-likeness (QED) is 0.229. The largest absolute Gasteiger partial charge is 0.495 e. The fourth-order valence-electron chi connectivity index (χ4n) is 4.92. The molecule has 7 nitrogen and oxygen atoms in total. The Hall–Kier alpha value is -4.49. The van der Waals surface area contributed by atoms with Crippen LogP contribution in [0.25, 0.3) is 6.08 Å². The highest BCUT2D eigenvalue weighted by Crippen LogP contribution is 2.37. The van der Waals surface area contributed by atoms with Gasteiger partial charge in [0.15, 0.2) is 23.0 Å². The molecular formula is C34H36N2O5. The fraction of sp³-hybridized carbons (Fsp3) is 0.265. The zero-order chi connectivity index (χ0) is 28.6. The maximum atomic E-state index is 6.16. The molecule has 5 rings (SSSR count). The number of fused-ring (bicyclic) bond motifs is 1. The van der Waals surface area contributed by atoms with E-state index in [1.807, 2.05) is 36.4 Å². The first-order valence-electron chi connectivity index (χ1n) is 13.7. The van der Waals surface area contributed by atoms with Crippen LogP contribution in [0.1, 0.15) is 39.4 Å². The molecule has 0 amide bonds. The normalized spacial score (nSPS) is 14.4. The Balaban J connectivity index is 1.35. The van der Waals surface area contributed by atoms with Gasteiger partial charge in [-0.05, 0) is 71.5 Å². The van der Waals surface area contributed by atoms with Crippen molar-refractivity contribution in [2.24, 2.45) is 0 Å². The molecule has 1 aliphatic heterocycles. The number of ether oxygens (including phenoxy) is 5. The summed E-state index contributed by atoms with van der Waals surface area (Å²) in [6.07, 6.45) is 8.68. The molecule has 1 unspecified atom stereocenters. The molecule has 1 N–H and O–H groups in total. The summed E-state index contributed by atoms with van der Waals surface area (Å²) < 4.78 is 28.9. The van der Waals surface area contributed by atoms with E-state index in [1.165, 1.54) is 11.1 Å². The van der Waals surface area contributed by atoms with Crippen LogP contribution >= 0.6 is 0 Å². The summed E-state index contributed by atoms with van der Waals surface area (Å²) in [5.41, 5.74) is 6.61.